The number of halogens is 1. The van der Waals surface area contributed by atoms with Gasteiger partial charge in [0.15, 0.2) is 11.0 Å². The number of hydrogen-bond donors (Lipinski definition) is 6. The number of aromatic nitrogens is 1. The van der Waals surface area contributed by atoms with Gasteiger partial charge in [-0.05, 0) is 55.7 Å². The number of nitrogens with one attached hydrogen (secondary N) is 4. The van der Waals surface area contributed by atoms with Crippen LogP contribution in [0.2, 0.25) is 0 Å². The Kier molecular flexibility index (Phi) is 14.6. The van der Waals surface area contributed by atoms with Gasteiger partial charge in [-0.1, -0.05) is 55.8 Å². The van der Waals surface area contributed by atoms with Gasteiger partial charge in [-0.3, -0.25) is 19.4 Å². The van der Waals surface area contributed by atoms with Gasteiger partial charge in [-0.25, -0.2) is 9.78 Å². The number of guanidine groups is 1. The number of hydrogen-bond acceptors (Lipinski definition) is 7. The van der Waals surface area contributed by atoms with E-state index in [-0.39, 0.29) is 47.6 Å². The molecule has 0 saturated carbocycles. The molecule has 1 heterocycles. The van der Waals surface area contributed by atoms with Crippen molar-refractivity contribution in [3.8, 4) is 0 Å². The summed E-state index contributed by atoms with van der Waals surface area (Å²) in [6.45, 7) is 9.59. The van der Waals surface area contributed by atoms with Crippen molar-refractivity contribution in [1.29, 1.82) is 0 Å². The fraction of sp³-hybridized carbons (Fsp3) is 0.517. The number of nitrogens with two attached hydrogens (primary N) is 2. The van der Waals surface area contributed by atoms with E-state index in [0.29, 0.717) is 12.8 Å². The highest BCUT2D eigenvalue weighted by Gasteiger charge is 2.32. The lowest BCUT2D eigenvalue weighted by atomic mass is 9.99. The molecule has 1 aromatic heterocycles. The van der Waals surface area contributed by atoms with E-state index in [1.54, 1.807) is 19.2 Å². The summed E-state index contributed by atoms with van der Waals surface area (Å²) in [6.07, 6.45) is 2.58. The van der Waals surface area contributed by atoms with Gasteiger partial charge in [0.05, 0.1) is 12.1 Å². The van der Waals surface area contributed by atoms with E-state index in [0.717, 1.165) is 10.0 Å². The third-order valence-electron chi connectivity index (χ3n) is 6.51. The standard InChI is InChI=1S/C29H43BrN8O4S/c1-16(2)15-22(37-29(42)35-18(5)19-8-10-20(30)11-9-19)25(40)38-23(17(3)4)26(41)36-21(7-6-12-34-28(31)32)24(39)27-33-13-14-43-27/h8-11,13-14,16-18,21-23H,6-7,12,15H2,1-5H3,(H,36,41)(H,38,40)(H4,31,32,34)(H2,35,37,42)/t18?,21-,22-,23-/m0/s1. The second kappa shape index (κ2) is 17.6. The van der Waals surface area contributed by atoms with Gasteiger partial charge in [0, 0.05) is 22.6 Å². The van der Waals surface area contributed by atoms with Crippen molar-refractivity contribution in [2.45, 2.75) is 78.0 Å². The summed E-state index contributed by atoms with van der Waals surface area (Å²) in [5, 5.41) is 13.2. The van der Waals surface area contributed by atoms with Crippen LogP contribution in [0.4, 0.5) is 4.79 Å². The average Bonchev–Trinajstić information content (AvgIpc) is 3.47. The van der Waals surface area contributed by atoms with Gasteiger partial charge in [0.2, 0.25) is 17.6 Å². The Labute approximate surface area is 265 Å². The third kappa shape index (κ3) is 12.3. The summed E-state index contributed by atoms with van der Waals surface area (Å²) in [5.41, 5.74) is 11.7. The molecule has 4 amide bonds. The Morgan fingerprint density at radius 3 is 2.16 bits per heavy atom. The highest BCUT2D eigenvalue weighted by Crippen LogP contribution is 2.17. The van der Waals surface area contributed by atoms with Crippen molar-refractivity contribution in [3.63, 3.8) is 0 Å². The lowest BCUT2D eigenvalue weighted by molar-refractivity contribution is -0.131. The molecular weight excluding hydrogens is 636 g/mol. The molecule has 2 aromatic rings. The van der Waals surface area contributed by atoms with E-state index in [2.05, 4.69) is 47.2 Å². The third-order valence-corrected chi connectivity index (χ3v) is 7.83. The molecule has 236 valence electrons. The summed E-state index contributed by atoms with van der Waals surface area (Å²) in [5.74, 6) is -1.64. The van der Waals surface area contributed by atoms with Gasteiger partial charge in [0.25, 0.3) is 0 Å². The quantitative estimate of drug-likeness (QED) is 0.0678. The second-order valence-electron chi connectivity index (χ2n) is 11.0. The molecule has 2 rings (SSSR count). The smallest absolute Gasteiger partial charge is 0.315 e. The van der Waals surface area contributed by atoms with Crippen LogP contribution in [-0.2, 0) is 9.59 Å². The van der Waals surface area contributed by atoms with Crippen LogP contribution in [0.1, 0.15) is 75.3 Å². The molecule has 0 radical (unpaired) electrons. The number of rotatable bonds is 16. The molecule has 1 unspecified atom stereocenters. The summed E-state index contributed by atoms with van der Waals surface area (Å²) in [4.78, 5) is 61.0. The lowest BCUT2D eigenvalue weighted by Gasteiger charge is -2.28. The van der Waals surface area contributed by atoms with Crippen molar-refractivity contribution in [1.82, 2.24) is 26.3 Å². The van der Waals surface area contributed by atoms with E-state index >= 15 is 0 Å². The molecule has 0 aliphatic heterocycles. The Hall–Kier alpha value is -3.52. The largest absolute Gasteiger partial charge is 0.370 e. The molecule has 0 aliphatic carbocycles. The molecule has 8 N–H and O–H groups in total. The van der Waals surface area contributed by atoms with Crippen molar-refractivity contribution in [2.75, 3.05) is 6.54 Å². The predicted molar refractivity (Wildman–Crippen MR) is 173 cm³/mol. The Bertz CT molecular complexity index is 1230. The predicted octanol–water partition coefficient (Wildman–Crippen LogP) is 3.24. The molecular formula is C29H43BrN8O4S. The molecule has 0 spiro atoms. The lowest BCUT2D eigenvalue weighted by Crippen LogP contribution is -2.58. The fourth-order valence-corrected chi connectivity index (χ4v) is 5.15. The van der Waals surface area contributed by atoms with Crippen LogP contribution in [0.5, 0.6) is 0 Å². The molecule has 43 heavy (non-hydrogen) atoms. The van der Waals surface area contributed by atoms with E-state index in [9.17, 15) is 19.2 Å². The number of carbonyl (C=O) groups is 4. The number of ketones is 1. The minimum Gasteiger partial charge on any atom is -0.370 e. The van der Waals surface area contributed by atoms with Gasteiger partial charge in [-0.15, -0.1) is 11.3 Å². The highest BCUT2D eigenvalue weighted by atomic mass is 79.9. The second-order valence-corrected chi connectivity index (χ2v) is 12.8. The monoisotopic (exact) mass is 678 g/mol. The average molecular weight is 680 g/mol. The molecule has 4 atom stereocenters. The number of aliphatic imine (C=N–C) groups is 1. The number of carbonyl (C=O) groups excluding carboxylic acids is 4. The van der Waals surface area contributed by atoms with E-state index in [1.165, 1.54) is 17.5 Å². The highest BCUT2D eigenvalue weighted by molar-refractivity contribution is 9.10. The van der Waals surface area contributed by atoms with Crippen molar-refractivity contribution < 1.29 is 19.2 Å². The van der Waals surface area contributed by atoms with Crippen LogP contribution in [-0.4, -0.2) is 59.2 Å². The normalized spacial score (nSPS) is 13.9. The molecule has 0 aliphatic rings. The molecule has 14 heteroatoms. The molecule has 1 aromatic carbocycles. The fourth-order valence-electron chi connectivity index (χ4n) is 4.25. The molecule has 12 nitrogen and oxygen atoms in total. The Morgan fingerprint density at radius 1 is 0.930 bits per heavy atom. The van der Waals surface area contributed by atoms with Crippen LogP contribution in [0.15, 0.2) is 45.3 Å². The van der Waals surface area contributed by atoms with Crippen LogP contribution in [0.3, 0.4) is 0 Å². The number of thiazole rings is 1. The summed E-state index contributed by atoms with van der Waals surface area (Å²) in [7, 11) is 0. The zero-order chi connectivity index (χ0) is 32.1. The molecule has 0 fully saturated rings. The van der Waals surface area contributed by atoms with Gasteiger partial charge in [-0.2, -0.15) is 0 Å². The van der Waals surface area contributed by atoms with Gasteiger partial charge in [0.1, 0.15) is 12.1 Å². The maximum absolute atomic E-state index is 13.5. The first-order chi connectivity index (χ1) is 20.3. The Morgan fingerprint density at radius 2 is 1.60 bits per heavy atom. The van der Waals surface area contributed by atoms with E-state index in [1.807, 2.05) is 45.0 Å². The number of amides is 4. The van der Waals surface area contributed by atoms with Crippen LogP contribution in [0.25, 0.3) is 0 Å². The number of Topliss-reactive ketones (excluding diaryl/α,β-unsaturated/α-hetero) is 1. The van der Waals surface area contributed by atoms with Gasteiger partial charge < -0.3 is 32.7 Å². The maximum atomic E-state index is 13.5. The van der Waals surface area contributed by atoms with E-state index in [4.69, 9.17) is 11.5 Å². The van der Waals surface area contributed by atoms with Crippen molar-refractivity contribution >= 4 is 56.9 Å². The molecule has 0 saturated heterocycles. The topological polar surface area (TPSA) is 194 Å². The first-order valence-electron chi connectivity index (χ1n) is 14.2. The van der Waals surface area contributed by atoms with Crippen LogP contribution < -0.4 is 32.7 Å². The number of urea groups is 1. The number of nitrogens with zero attached hydrogens (tertiary/aromatic N) is 2. The minimum absolute atomic E-state index is 0.0598. The SMILES string of the molecule is CC(C)C[C@H](NC(=O)NC(C)c1ccc(Br)cc1)C(=O)N[C@H](C(=O)N[C@@H](CCCN=C(N)N)C(=O)c1nccs1)C(C)C. The zero-order valence-electron chi connectivity index (χ0n) is 25.2. The Balaban J connectivity index is 2.13. The first kappa shape index (κ1) is 35.7. The number of benzene rings is 1. The van der Waals surface area contributed by atoms with Crippen LogP contribution >= 0.6 is 27.3 Å². The minimum atomic E-state index is -0.960. The summed E-state index contributed by atoms with van der Waals surface area (Å²) in [6, 6.07) is 4.02. The van der Waals surface area contributed by atoms with Crippen molar-refractivity contribution in [3.05, 3.63) is 50.9 Å². The van der Waals surface area contributed by atoms with Crippen molar-refractivity contribution in [2.24, 2.45) is 28.3 Å². The molecule has 0 bridgehead atoms. The first-order valence-corrected chi connectivity index (χ1v) is 15.9. The summed E-state index contributed by atoms with van der Waals surface area (Å²) < 4.78 is 0.926. The summed E-state index contributed by atoms with van der Waals surface area (Å²) >= 11 is 4.58. The van der Waals surface area contributed by atoms with E-state index < -0.39 is 36.0 Å². The van der Waals surface area contributed by atoms with Crippen LogP contribution in [0, 0.1) is 11.8 Å². The van der Waals surface area contributed by atoms with Gasteiger partial charge >= 0.3 is 6.03 Å². The zero-order valence-corrected chi connectivity index (χ0v) is 27.6. The maximum Gasteiger partial charge on any atom is 0.315 e.